The number of rotatable bonds is 11. The van der Waals surface area contributed by atoms with Gasteiger partial charge >= 0.3 is 6.18 Å². The van der Waals surface area contributed by atoms with Crippen LogP contribution in [0, 0.1) is 0 Å². The van der Waals surface area contributed by atoms with Crippen LogP contribution in [0.15, 0.2) is 77.7 Å². The number of benzene rings is 3. The van der Waals surface area contributed by atoms with E-state index in [0.29, 0.717) is 27.4 Å². The molecule has 0 radical (unpaired) electrons. The van der Waals surface area contributed by atoms with E-state index >= 15 is 0 Å². The first kappa shape index (κ1) is 33.2. The molecule has 3 aromatic rings. The Labute approximate surface area is 253 Å². The van der Waals surface area contributed by atoms with E-state index in [4.69, 9.17) is 23.2 Å². The van der Waals surface area contributed by atoms with Crippen molar-refractivity contribution in [2.75, 3.05) is 10.8 Å². The van der Waals surface area contributed by atoms with Crippen LogP contribution in [0.1, 0.15) is 38.3 Å². The second-order valence-corrected chi connectivity index (χ2v) is 12.3. The first-order valence-electron chi connectivity index (χ1n) is 12.9. The maximum Gasteiger partial charge on any atom is 0.416 e. The number of nitrogens with one attached hydrogen (secondary N) is 1. The Morgan fingerprint density at radius 1 is 0.952 bits per heavy atom. The minimum absolute atomic E-state index is 0.110. The van der Waals surface area contributed by atoms with Crippen molar-refractivity contribution in [1.29, 1.82) is 0 Å². The molecule has 3 aromatic carbocycles. The average molecular weight is 645 g/mol. The number of nitrogens with zero attached hydrogens (tertiary/aromatic N) is 2. The average Bonchev–Trinajstić information content (AvgIpc) is 2.95. The van der Waals surface area contributed by atoms with Crippen molar-refractivity contribution in [3.05, 3.63) is 94.0 Å². The molecule has 3 rings (SSSR count). The van der Waals surface area contributed by atoms with Gasteiger partial charge in [0.25, 0.3) is 10.0 Å². The number of carbonyl (C=O) groups excluding carboxylic acids is 2. The van der Waals surface area contributed by atoms with E-state index in [9.17, 15) is 31.2 Å². The van der Waals surface area contributed by atoms with Crippen LogP contribution in [-0.4, -0.2) is 43.8 Å². The Balaban J connectivity index is 2.11. The quantitative estimate of drug-likeness (QED) is 0.257. The fourth-order valence-electron chi connectivity index (χ4n) is 3.95. The number of sulfonamides is 1. The lowest BCUT2D eigenvalue weighted by molar-refractivity contribution is -0.139. The number of anilines is 1. The molecule has 226 valence electrons. The van der Waals surface area contributed by atoms with Crippen LogP contribution < -0.4 is 9.62 Å². The predicted molar refractivity (Wildman–Crippen MR) is 157 cm³/mol. The van der Waals surface area contributed by atoms with Crippen molar-refractivity contribution in [2.45, 2.75) is 56.9 Å². The smallest absolute Gasteiger partial charge is 0.352 e. The highest BCUT2D eigenvalue weighted by Gasteiger charge is 2.36. The molecule has 1 N–H and O–H groups in total. The standard InChI is InChI=1S/C29H30Cl2F3N3O4S/c1-4-19(2)35-28(39)20(3)36(17-21-10-13-23(30)14-11-21)27(38)18-37(42(40,41)24-8-6-5-7-9-24)26-16-22(29(32,33)34)12-15-25(26)31/h5-16,19-20H,4,17-18H2,1-3H3,(H,35,39)/t19-,20+/m0/s1. The molecule has 0 fully saturated rings. The number of halogens is 5. The second-order valence-electron chi connectivity index (χ2n) is 9.63. The third kappa shape index (κ3) is 8.17. The molecule has 0 saturated carbocycles. The minimum Gasteiger partial charge on any atom is -0.352 e. The van der Waals surface area contributed by atoms with Crippen molar-refractivity contribution in [2.24, 2.45) is 0 Å². The van der Waals surface area contributed by atoms with Crippen LogP contribution in [0.4, 0.5) is 18.9 Å². The van der Waals surface area contributed by atoms with E-state index in [0.717, 1.165) is 17.0 Å². The molecular weight excluding hydrogens is 614 g/mol. The van der Waals surface area contributed by atoms with Crippen molar-refractivity contribution in [3.63, 3.8) is 0 Å². The van der Waals surface area contributed by atoms with Gasteiger partial charge in [-0.3, -0.25) is 13.9 Å². The molecule has 0 unspecified atom stereocenters. The van der Waals surface area contributed by atoms with Crippen molar-refractivity contribution >= 4 is 50.7 Å². The molecule has 0 aromatic heterocycles. The van der Waals surface area contributed by atoms with E-state index in [1.165, 1.54) is 31.2 Å². The Hall–Kier alpha value is -3.28. The van der Waals surface area contributed by atoms with Gasteiger partial charge in [0, 0.05) is 17.6 Å². The van der Waals surface area contributed by atoms with Gasteiger partial charge in [0.1, 0.15) is 12.6 Å². The summed E-state index contributed by atoms with van der Waals surface area (Å²) in [5.41, 5.74) is -1.10. The highest BCUT2D eigenvalue weighted by atomic mass is 35.5. The van der Waals surface area contributed by atoms with Crippen LogP contribution in [0.2, 0.25) is 10.0 Å². The lowest BCUT2D eigenvalue weighted by atomic mass is 10.1. The van der Waals surface area contributed by atoms with E-state index in [1.54, 1.807) is 37.3 Å². The van der Waals surface area contributed by atoms with Gasteiger partial charge in [0.15, 0.2) is 0 Å². The van der Waals surface area contributed by atoms with Gasteiger partial charge in [-0.25, -0.2) is 8.42 Å². The van der Waals surface area contributed by atoms with Crippen LogP contribution in [0.25, 0.3) is 0 Å². The summed E-state index contributed by atoms with van der Waals surface area (Å²) in [5, 5.41) is 2.93. The van der Waals surface area contributed by atoms with Crippen LogP contribution in [0.3, 0.4) is 0 Å². The summed E-state index contributed by atoms with van der Waals surface area (Å²) in [6.07, 6.45) is -4.19. The van der Waals surface area contributed by atoms with Crippen molar-refractivity contribution in [3.8, 4) is 0 Å². The van der Waals surface area contributed by atoms with Gasteiger partial charge in [0.2, 0.25) is 11.8 Å². The lowest BCUT2D eigenvalue weighted by Crippen LogP contribution is -2.52. The summed E-state index contributed by atoms with van der Waals surface area (Å²) in [7, 11) is -4.60. The van der Waals surface area contributed by atoms with Gasteiger partial charge in [-0.05, 0) is 68.3 Å². The fourth-order valence-corrected chi connectivity index (χ4v) is 5.79. The van der Waals surface area contributed by atoms with Gasteiger partial charge in [-0.15, -0.1) is 0 Å². The molecule has 0 aliphatic rings. The third-order valence-corrected chi connectivity index (χ3v) is 8.93. The molecule has 42 heavy (non-hydrogen) atoms. The maximum absolute atomic E-state index is 13.9. The Morgan fingerprint density at radius 3 is 2.14 bits per heavy atom. The van der Waals surface area contributed by atoms with Gasteiger partial charge in [-0.2, -0.15) is 13.2 Å². The predicted octanol–water partition coefficient (Wildman–Crippen LogP) is 6.54. The van der Waals surface area contributed by atoms with Crippen molar-refractivity contribution < 1.29 is 31.2 Å². The lowest BCUT2D eigenvalue weighted by Gasteiger charge is -2.33. The number of alkyl halides is 3. The number of amides is 2. The van der Waals surface area contributed by atoms with E-state index in [1.807, 2.05) is 6.92 Å². The molecule has 2 amide bonds. The molecule has 0 aliphatic carbocycles. The summed E-state index contributed by atoms with van der Waals surface area (Å²) in [6, 6.07) is 14.4. The molecule has 0 spiro atoms. The normalized spacial score (nSPS) is 13.2. The monoisotopic (exact) mass is 643 g/mol. The molecule has 2 atom stereocenters. The minimum atomic E-state index is -4.81. The summed E-state index contributed by atoms with van der Waals surface area (Å²) in [5.74, 6) is -1.33. The zero-order valence-corrected chi connectivity index (χ0v) is 25.4. The van der Waals surface area contributed by atoms with Crippen LogP contribution >= 0.6 is 23.2 Å². The van der Waals surface area contributed by atoms with E-state index in [2.05, 4.69) is 5.32 Å². The Morgan fingerprint density at radius 2 is 1.57 bits per heavy atom. The van der Waals surface area contributed by atoms with Crippen LogP contribution in [-0.2, 0) is 32.3 Å². The number of hydrogen-bond donors (Lipinski definition) is 1. The van der Waals surface area contributed by atoms with Crippen molar-refractivity contribution in [1.82, 2.24) is 10.2 Å². The molecule has 0 aliphatic heterocycles. The number of hydrogen-bond acceptors (Lipinski definition) is 4. The fraction of sp³-hybridized carbons (Fsp3) is 0.310. The molecule has 0 saturated heterocycles. The highest BCUT2D eigenvalue weighted by Crippen LogP contribution is 2.37. The molecule has 13 heteroatoms. The first-order valence-corrected chi connectivity index (χ1v) is 15.1. The highest BCUT2D eigenvalue weighted by molar-refractivity contribution is 7.92. The topological polar surface area (TPSA) is 86.8 Å². The van der Waals surface area contributed by atoms with Gasteiger partial charge in [0.05, 0.1) is 21.2 Å². The number of carbonyl (C=O) groups is 2. The maximum atomic E-state index is 13.9. The molecule has 0 bridgehead atoms. The largest absolute Gasteiger partial charge is 0.416 e. The van der Waals surface area contributed by atoms with Crippen LogP contribution in [0.5, 0.6) is 0 Å². The molecular formula is C29H30Cl2F3N3O4S. The SMILES string of the molecule is CC[C@H](C)NC(=O)[C@@H](C)N(Cc1ccc(Cl)cc1)C(=O)CN(c1cc(C(F)(F)F)ccc1Cl)S(=O)(=O)c1ccccc1. The summed E-state index contributed by atoms with van der Waals surface area (Å²) < 4.78 is 69.1. The summed E-state index contributed by atoms with van der Waals surface area (Å²) in [4.78, 5) is 27.9. The molecule has 7 nitrogen and oxygen atoms in total. The van der Waals surface area contributed by atoms with Gasteiger partial charge in [-0.1, -0.05) is 60.5 Å². The third-order valence-electron chi connectivity index (χ3n) is 6.59. The van der Waals surface area contributed by atoms with E-state index in [-0.39, 0.29) is 22.5 Å². The first-order chi connectivity index (χ1) is 19.6. The Kier molecular flexibility index (Phi) is 10.9. The zero-order chi connectivity index (χ0) is 31.2. The summed E-state index contributed by atoms with van der Waals surface area (Å²) >= 11 is 12.2. The summed E-state index contributed by atoms with van der Waals surface area (Å²) in [6.45, 7) is 4.10. The zero-order valence-electron chi connectivity index (χ0n) is 23.0. The second kappa shape index (κ2) is 13.8. The Bertz CT molecular complexity index is 1500. The van der Waals surface area contributed by atoms with Gasteiger partial charge < -0.3 is 10.2 Å². The van der Waals surface area contributed by atoms with E-state index < -0.39 is 51.9 Å². The molecule has 0 heterocycles.